The fourth-order valence-corrected chi connectivity index (χ4v) is 6.07. The van der Waals surface area contributed by atoms with Crippen molar-refractivity contribution in [1.29, 1.82) is 0 Å². The smallest absolute Gasteiger partial charge is 0.361 e. The van der Waals surface area contributed by atoms with Gasteiger partial charge in [0.15, 0.2) is 19.6 Å². The number of nitrogens with zero attached hydrogens (tertiary/aromatic N) is 4. The van der Waals surface area contributed by atoms with Crippen molar-refractivity contribution >= 4 is 17.9 Å². The summed E-state index contributed by atoms with van der Waals surface area (Å²) in [4.78, 5) is 40.0. The Balaban J connectivity index is 4.97. The molecule has 0 aromatic heterocycles. The molecule has 0 saturated carbocycles. The molecule has 0 N–H and O–H groups in total. The van der Waals surface area contributed by atoms with Crippen molar-refractivity contribution in [3.05, 3.63) is 0 Å². The first-order valence-electron chi connectivity index (χ1n) is 19.8. The van der Waals surface area contributed by atoms with Crippen LogP contribution in [-0.2, 0) is 28.6 Å². The Kier molecular flexibility index (Phi) is 26.9. The van der Waals surface area contributed by atoms with Crippen molar-refractivity contribution in [2.75, 3.05) is 121 Å². The fourth-order valence-electron chi connectivity index (χ4n) is 6.07. The second-order valence-corrected chi connectivity index (χ2v) is 16.2. The van der Waals surface area contributed by atoms with E-state index in [9.17, 15) is 14.4 Å². The Hall–Kier alpha value is -1.75. The number of carbonyl (C=O) groups excluding carboxylic acids is 3. The van der Waals surface area contributed by atoms with Gasteiger partial charge in [-0.2, -0.15) is 0 Å². The zero-order chi connectivity index (χ0) is 37.0. The van der Waals surface area contributed by atoms with Crippen LogP contribution in [0.3, 0.4) is 0 Å². The van der Waals surface area contributed by atoms with Crippen LogP contribution in [0.25, 0.3) is 0 Å². The molecule has 0 aromatic rings. The Morgan fingerprint density at radius 3 is 0.918 bits per heavy atom. The summed E-state index contributed by atoms with van der Waals surface area (Å²) in [5.74, 6) is -0.341. The van der Waals surface area contributed by atoms with Crippen molar-refractivity contribution in [2.24, 2.45) is 0 Å². The van der Waals surface area contributed by atoms with Gasteiger partial charge in [0.25, 0.3) is 0 Å². The van der Waals surface area contributed by atoms with Crippen LogP contribution in [0.4, 0.5) is 0 Å². The SMILES string of the molecule is CCCCCCOC(=O)C[N+](C)(C)CCCN(CCC[N+](C)(C)CC(=O)OCCCCCC)CCC[N+](C)(C)CC(=O)OCCCCCC. The van der Waals surface area contributed by atoms with E-state index in [4.69, 9.17) is 14.2 Å². The maximum atomic E-state index is 12.5. The molecule has 0 aromatic carbocycles. The van der Waals surface area contributed by atoms with Crippen molar-refractivity contribution in [3.8, 4) is 0 Å². The molecule has 0 aliphatic rings. The maximum Gasteiger partial charge on any atom is 0.361 e. The van der Waals surface area contributed by atoms with E-state index in [1.54, 1.807) is 0 Å². The number of ether oxygens (including phenoxy) is 3. The minimum atomic E-state index is -0.114. The third kappa shape index (κ3) is 29.7. The van der Waals surface area contributed by atoms with E-state index in [-0.39, 0.29) is 17.9 Å². The third-order valence-corrected chi connectivity index (χ3v) is 9.17. The highest BCUT2D eigenvalue weighted by Gasteiger charge is 2.25. The predicted molar refractivity (Wildman–Crippen MR) is 201 cm³/mol. The van der Waals surface area contributed by atoms with Crippen molar-refractivity contribution in [2.45, 2.75) is 117 Å². The highest BCUT2D eigenvalue weighted by molar-refractivity contribution is 5.71. The van der Waals surface area contributed by atoms with E-state index in [0.717, 1.165) is 97.1 Å². The number of quaternary nitrogens is 3. The van der Waals surface area contributed by atoms with Gasteiger partial charge < -0.3 is 32.6 Å². The minimum Gasteiger partial charge on any atom is -0.462 e. The second kappa shape index (κ2) is 27.9. The van der Waals surface area contributed by atoms with Crippen molar-refractivity contribution < 1.29 is 42.0 Å². The van der Waals surface area contributed by atoms with Crippen LogP contribution in [0.15, 0.2) is 0 Å². The fraction of sp³-hybridized carbons (Fsp3) is 0.923. The summed E-state index contributed by atoms with van der Waals surface area (Å²) in [5, 5.41) is 0. The molecular weight excluding hydrogens is 620 g/mol. The van der Waals surface area contributed by atoms with Crippen molar-refractivity contribution in [1.82, 2.24) is 4.90 Å². The first-order valence-corrected chi connectivity index (χ1v) is 19.8. The molecule has 290 valence electrons. The Bertz CT molecular complexity index is 755. The van der Waals surface area contributed by atoms with Gasteiger partial charge in [-0.3, -0.25) is 0 Å². The molecule has 10 heteroatoms. The van der Waals surface area contributed by atoms with Crippen molar-refractivity contribution in [3.63, 3.8) is 0 Å². The van der Waals surface area contributed by atoms with E-state index in [0.29, 0.717) is 52.9 Å². The Morgan fingerprint density at radius 1 is 0.408 bits per heavy atom. The highest BCUT2D eigenvalue weighted by atomic mass is 16.5. The lowest BCUT2D eigenvalue weighted by atomic mass is 10.2. The molecule has 0 amide bonds. The summed E-state index contributed by atoms with van der Waals surface area (Å²) in [6.07, 6.45) is 16.1. The minimum absolute atomic E-state index is 0.114. The number of likely N-dealkylation sites (N-methyl/N-ethyl adjacent to an activating group) is 3. The summed E-state index contributed by atoms with van der Waals surface area (Å²) in [6, 6.07) is 0. The molecule has 0 aliphatic heterocycles. The van der Waals surface area contributed by atoms with Gasteiger partial charge in [0, 0.05) is 38.9 Å². The van der Waals surface area contributed by atoms with E-state index in [2.05, 4.69) is 68.0 Å². The quantitative estimate of drug-likeness (QED) is 0.0356. The van der Waals surface area contributed by atoms with Gasteiger partial charge in [0.1, 0.15) is 0 Å². The van der Waals surface area contributed by atoms with Crippen LogP contribution >= 0.6 is 0 Å². The lowest BCUT2D eigenvalue weighted by Crippen LogP contribution is -2.47. The van der Waals surface area contributed by atoms with Crippen LogP contribution in [0.1, 0.15) is 117 Å². The van der Waals surface area contributed by atoms with Gasteiger partial charge in [0.2, 0.25) is 0 Å². The first-order chi connectivity index (χ1) is 23.1. The normalized spacial score (nSPS) is 12.4. The molecule has 0 radical (unpaired) electrons. The van der Waals surface area contributed by atoms with Crippen LogP contribution in [-0.4, -0.2) is 157 Å². The number of hydrogen-bond acceptors (Lipinski definition) is 7. The first kappa shape index (κ1) is 47.2. The van der Waals surface area contributed by atoms with Crippen LogP contribution in [0.2, 0.25) is 0 Å². The van der Waals surface area contributed by atoms with Gasteiger partial charge in [-0.15, -0.1) is 0 Å². The zero-order valence-electron chi connectivity index (χ0n) is 33.8. The number of carbonyl (C=O) groups is 3. The largest absolute Gasteiger partial charge is 0.462 e. The molecule has 0 rings (SSSR count). The van der Waals surface area contributed by atoms with Gasteiger partial charge in [-0.25, -0.2) is 14.4 Å². The molecule has 0 spiro atoms. The van der Waals surface area contributed by atoms with Gasteiger partial charge in [0.05, 0.1) is 81.7 Å². The number of rotatable bonds is 33. The second-order valence-electron chi connectivity index (χ2n) is 16.2. The summed E-state index contributed by atoms with van der Waals surface area (Å²) >= 11 is 0. The zero-order valence-corrected chi connectivity index (χ0v) is 33.8. The number of hydrogen-bond donors (Lipinski definition) is 0. The predicted octanol–water partition coefficient (Wildman–Crippen LogP) is 6.06. The molecule has 0 heterocycles. The third-order valence-electron chi connectivity index (χ3n) is 9.17. The van der Waals surface area contributed by atoms with Gasteiger partial charge >= 0.3 is 17.9 Å². The van der Waals surface area contributed by atoms with Crippen LogP contribution in [0, 0.1) is 0 Å². The van der Waals surface area contributed by atoms with E-state index in [1.807, 2.05) is 0 Å². The average Bonchev–Trinajstić information content (AvgIpc) is 2.99. The summed E-state index contributed by atoms with van der Waals surface area (Å²) < 4.78 is 18.4. The van der Waals surface area contributed by atoms with E-state index < -0.39 is 0 Å². The standard InChI is InChI=1S/C39H81N4O6/c1-10-13-16-19-31-47-37(44)34-41(4,5)28-22-25-40(26-23-29-42(6,7)35-38(45)48-32-20-17-14-11-2)27-24-30-43(8,9)36-39(46)49-33-21-18-15-12-3/h10-36H2,1-9H3/q+3. The molecule has 0 unspecified atom stereocenters. The van der Waals surface area contributed by atoms with E-state index >= 15 is 0 Å². The number of unbranched alkanes of at least 4 members (excludes halogenated alkanes) is 9. The van der Waals surface area contributed by atoms with E-state index in [1.165, 1.54) is 38.5 Å². The molecule has 0 bridgehead atoms. The highest BCUT2D eigenvalue weighted by Crippen LogP contribution is 2.09. The number of esters is 3. The maximum absolute atomic E-state index is 12.5. The molecule has 0 aliphatic carbocycles. The average molecular weight is 702 g/mol. The lowest BCUT2D eigenvalue weighted by molar-refractivity contribution is -0.883. The topological polar surface area (TPSA) is 82.1 Å². The van der Waals surface area contributed by atoms with Crippen LogP contribution in [0.5, 0.6) is 0 Å². The lowest BCUT2D eigenvalue weighted by Gasteiger charge is -2.32. The van der Waals surface area contributed by atoms with Crippen LogP contribution < -0.4 is 0 Å². The Labute approximate surface area is 302 Å². The molecule has 0 saturated heterocycles. The van der Waals surface area contributed by atoms with Gasteiger partial charge in [-0.1, -0.05) is 78.6 Å². The van der Waals surface area contributed by atoms with Gasteiger partial charge in [-0.05, 0) is 19.3 Å². The monoisotopic (exact) mass is 702 g/mol. The molecule has 0 fully saturated rings. The molecule has 10 nitrogen and oxygen atoms in total. The summed E-state index contributed by atoms with van der Waals surface area (Å²) in [7, 11) is 12.6. The molecule has 0 atom stereocenters. The molecular formula is C39H81N4O6+3. The molecule has 49 heavy (non-hydrogen) atoms. The summed E-state index contributed by atoms with van der Waals surface area (Å²) in [5.41, 5.74) is 0. The Morgan fingerprint density at radius 2 is 0.673 bits per heavy atom. The summed E-state index contributed by atoms with van der Waals surface area (Å²) in [6.45, 7) is 14.7.